The van der Waals surface area contributed by atoms with Crippen LogP contribution in [0.5, 0.6) is 0 Å². The van der Waals surface area contributed by atoms with Gasteiger partial charge in [0.15, 0.2) is 0 Å². The molecule has 0 aliphatic heterocycles. The third-order valence-corrected chi connectivity index (χ3v) is 10.5. The molecule has 0 amide bonds. The molecule has 0 fully saturated rings. The average molecular weight is 272 g/mol. The minimum absolute atomic E-state index is 0.825. The molecule has 0 saturated carbocycles. The first-order valence-corrected chi connectivity index (χ1v) is 14.4. The molecule has 0 aromatic heterocycles. The van der Waals surface area contributed by atoms with Gasteiger partial charge in [-0.15, -0.1) is 0 Å². The summed E-state index contributed by atoms with van der Waals surface area (Å²) < 4.78 is 0. The fourth-order valence-corrected chi connectivity index (χ4v) is 10.2. The van der Waals surface area contributed by atoms with Gasteiger partial charge in [0.2, 0.25) is 0 Å². The third kappa shape index (κ3) is 4.70. The molecule has 16 heavy (non-hydrogen) atoms. The van der Waals surface area contributed by atoms with Crippen LogP contribution in [0, 0.1) is 0 Å². The Balaban J connectivity index is 2.79. The van der Waals surface area contributed by atoms with E-state index in [2.05, 4.69) is 53.8 Å². The normalized spacial score (nSPS) is 14.6. The topological polar surface area (TPSA) is 0 Å². The first-order chi connectivity index (χ1) is 7.46. The molecule has 2 heteroatoms. The van der Waals surface area contributed by atoms with E-state index in [1.807, 2.05) is 0 Å². The van der Waals surface area contributed by atoms with E-state index >= 15 is 0 Å². The molecule has 0 saturated heterocycles. The maximum atomic E-state index is 2.53. The van der Waals surface area contributed by atoms with Gasteiger partial charge < -0.3 is 0 Å². The summed E-state index contributed by atoms with van der Waals surface area (Å²) in [6.07, 6.45) is 2.45. The molecule has 0 aliphatic carbocycles. The monoisotopic (exact) mass is 272 g/mol. The molecule has 0 spiro atoms. The summed E-state index contributed by atoms with van der Waals surface area (Å²) in [5.41, 5.74) is 3.85. The molecule has 0 heterocycles. The van der Waals surface area contributed by atoms with Crippen LogP contribution in [0.1, 0.15) is 37.1 Å². The Morgan fingerprint density at radius 1 is 1.06 bits per heavy atom. The number of benzene rings is 1. The molecule has 1 aromatic carbocycles. The van der Waals surface area contributed by atoms with Gasteiger partial charge in [-0.2, -0.15) is 0 Å². The van der Waals surface area contributed by atoms with Gasteiger partial charge in [0.05, 0.1) is 0 Å². The van der Waals surface area contributed by atoms with Gasteiger partial charge in [-0.25, -0.2) is 0 Å². The first-order valence-electron chi connectivity index (χ1n) is 6.32. The molecule has 90 valence electrons. The van der Waals surface area contributed by atoms with Crippen molar-refractivity contribution in [3.8, 4) is 0 Å². The van der Waals surface area contributed by atoms with Gasteiger partial charge in [-0.1, -0.05) is 0 Å². The summed E-state index contributed by atoms with van der Waals surface area (Å²) in [5, 5.41) is 7.59. The van der Waals surface area contributed by atoms with Crippen LogP contribution >= 0.6 is 6.57 Å². The maximum absolute atomic E-state index is 2.53. The van der Waals surface area contributed by atoms with Crippen molar-refractivity contribution in [2.75, 3.05) is 0 Å². The van der Waals surface area contributed by atoms with Crippen molar-refractivity contribution >= 4 is 6.57 Å². The molecule has 1 rings (SSSR count). The number of aryl methyl sites for hydroxylation is 1. The van der Waals surface area contributed by atoms with Gasteiger partial charge in [0.25, 0.3) is 0 Å². The number of rotatable bonds is 5. The molecule has 0 aliphatic rings. The van der Waals surface area contributed by atoms with Gasteiger partial charge in [-0.3, -0.25) is 0 Å². The van der Waals surface area contributed by atoms with Crippen molar-refractivity contribution in [3.63, 3.8) is 0 Å². The standard InChI is InChI=1S/C11H16P.3CH3.Ti/c1-3-9-5-7-10(8-6-9)11(12)4-2;;;;/h5-8,11-12H,3-4H2,1-2H3;3*1H3;/q-1;;;;+1. The Kier molecular flexibility index (Phi) is 5.71. The van der Waals surface area contributed by atoms with Crippen molar-refractivity contribution < 1.29 is 16.1 Å². The van der Waals surface area contributed by atoms with Gasteiger partial charge in [0, 0.05) is 0 Å². The van der Waals surface area contributed by atoms with E-state index in [1.54, 1.807) is 5.56 Å². The predicted molar refractivity (Wildman–Crippen MR) is 74.8 cm³/mol. The summed E-state index contributed by atoms with van der Waals surface area (Å²) in [6.45, 7) is 5.75. The zero-order chi connectivity index (χ0) is 12.2. The van der Waals surface area contributed by atoms with Crippen LogP contribution in [0.4, 0.5) is 0 Å². The fourth-order valence-electron chi connectivity index (χ4n) is 1.93. The van der Waals surface area contributed by atoms with Crippen LogP contribution in [0.3, 0.4) is 0 Å². The molecule has 0 N–H and O–H groups in total. The Bertz CT molecular complexity index is 311. The van der Waals surface area contributed by atoms with Crippen molar-refractivity contribution in [2.45, 2.75) is 48.0 Å². The van der Waals surface area contributed by atoms with E-state index in [-0.39, 0.29) is 0 Å². The molecule has 2 unspecified atom stereocenters. The number of hydrogen-bond acceptors (Lipinski definition) is 0. The molecular weight excluding hydrogens is 247 g/mol. The zero-order valence-corrected chi connectivity index (χ0v) is 13.9. The summed E-state index contributed by atoms with van der Waals surface area (Å²) >= 11 is -1.40. The predicted octanol–water partition coefficient (Wildman–Crippen LogP) is 5.59. The quantitative estimate of drug-likeness (QED) is 0.484. The van der Waals surface area contributed by atoms with E-state index in [0.29, 0.717) is 0 Å². The third-order valence-electron chi connectivity index (χ3n) is 2.81. The number of hydrogen-bond donors (Lipinski definition) is 0. The molecule has 0 nitrogen and oxygen atoms in total. The van der Waals surface area contributed by atoms with Gasteiger partial charge >= 0.3 is 106 Å². The second kappa shape index (κ2) is 6.34. The van der Waals surface area contributed by atoms with Crippen LogP contribution in [0.25, 0.3) is 0 Å². The van der Waals surface area contributed by atoms with Crippen LogP contribution in [-0.2, 0) is 22.5 Å². The second-order valence-corrected chi connectivity index (χ2v) is 21.0. The Morgan fingerprint density at radius 2 is 1.62 bits per heavy atom. The molecular formula is C14H25PTi. The van der Waals surface area contributed by atoms with E-state index in [9.17, 15) is 0 Å². The Labute approximate surface area is 106 Å². The van der Waals surface area contributed by atoms with Gasteiger partial charge in [-0.05, 0) is 0 Å². The summed E-state index contributed by atoms with van der Waals surface area (Å²) in [5.74, 6) is 0. The van der Waals surface area contributed by atoms with Crippen LogP contribution in [0.15, 0.2) is 24.3 Å². The fraction of sp³-hybridized carbons (Fsp3) is 0.571. The second-order valence-electron chi connectivity index (χ2n) is 5.45. The molecule has 0 bridgehead atoms. The molecule has 1 aromatic rings. The van der Waals surface area contributed by atoms with E-state index < -0.39 is 16.1 Å². The molecule has 0 radical (unpaired) electrons. The van der Waals surface area contributed by atoms with Crippen LogP contribution < -0.4 is 0 Å². The van der Waals surface area contributed by atoms with Gasteiger partial charge in [0.1, 0.15) is 0 Å². The van der Waals surface area contributed by atoms with E-state index in [4.69, 9.17) is 0 Å². The van der Waals surface area contributed by atoms with Crippen LogP contribution in [0.2, 0.25) is 15.7 Å². The van der Waals surface area contributed by atoms with Crippen molar-refractivity contribution in [1.82, 2.24) is 0 Å². The van der Waals surface area contributed by atoms with E-state index in [0.717, 1.165) is 12.1 Å². The van der Waals surface area contributed by atoms with Crippen LogP contribution in [-0.4, -0.2) is 0 Å². The summed E-state index contributed by atoms with van der Waals surface area (Å²) in [7, 11) is 0. The zero-order valence-electron chi connectivity index (χ0n) is 11.3. The SMILES string of the molecule is CCc1ccc(C(CC)[PH][Ti]([CH3])([CH3])[CH3])cc1. The average Bonchev–Trinajstić information content (AvgIpc) is 2.25. The van der Waals surface area contributed by atoms with E-state index in [1.165, 1.54) is 18.6 Å². The van der Waals surface area contributed by atoms with Crippen molar-refractivity contribution in [3.05, 3.63) is 35.4 Å². The molecule has 2 atom stereocenters. The minimum atomic E-state index is -1.40. The summed E-state index contributed by atoms with van der Waals surface area (Å²) in [6, 6.07) is 9.32. The first kappa shape index (κ1) is 14.4. The summed E-state index contributed by atoms with van der Waals surface area (Å²) in [4.78, 5) is 0. The van der Waals surface area contributed by atoms with Crippen molar-refractivity contribution in [1.29, 1.82) is 0 Å². The Morgan fingerprint density at radius 3 is 2.00 bits per heavy atom. The van der Waals surface area contributed by atoms with Crippen molar-refractivity contribution in [2.24, 2.45) is 0 Å². The Hall–Kier alpha value is 0.364.